The van der Waals surface area contributed by atoms with Gasteiger partial charge >= 0.3 is 0 Å². The highest BCUT2D eigenvalue weighted by molar-refractivity contribution is 5.27. The number of hydrogen-bond donors (Lipinski definition) is 1. The molecule has 0 heterocycles. The first kappa shape index (κ1) is 20.4. The second-order valence-corrected chi connectivity index (χ2v) is 6.68. The van der Waals surface area contributed by atoms with E-state index in [4.69, 9.17) is 9.47 Å². The van der Waals surface area contributed by atoms with Gasteiger partial charge in [-0.25, -0.2) is 4.39 Å². The molecule has 1 N–H and O–H groups in total. The van der Waals surface area contributed by atoms with Crippen molar-refractivity contribution in [2.24, 2.45) is 0 Å². The molecule has 0 aliphatic carbocycles. The molecule has 0 aromatic heterocycles. The maximum atomic E-state index is 13.1. The zero-order chi connectivity index (χ0) is 18.9. The molecule has 0 spiro atoms. The van der Waals surface area contributed by atoms with Gasteiger partial charge in [0.15, 0.2) is 0 Å². The molecule has 2 aromatic carbocycles. The van der Waals surface area contributed by atoms with Crippen molar-refractivity contribution in [3.05, 3.63) is 65.5 Å². The maximum Gasteiger partial charge on any atom is 0.123 e. The van der Waals surface area contributed by atoms with E-state index < -0.39 is 6.10 Å². The summed E-state index contributed by atoms with van der Waals surface area (Å²) < 4.78 is 23.8. The summed E-state index contributed by atoms with van der Waals surface area (Å²) in [6, 6.07) is 14.3. The molecule has 142 valence electrons. The Labute approximate surface area is 155 Å². The Bertz CT molecular complexity index is 643. The van der Waals surface area contributed by atoms with Crippen LogP contribution in [0.2, 0.25) is 0 Å². The second-order valence-electron chi connectivity index (χ2n) is 6.68. The topological polar surface area (TPSA) is 41.9 Å². The summed E-state index contributed by atoms with van der Waals surface area (Å²) in [4.78, 5) is 2.13. The van der Waals surface area contributed by atoms with Gasteiger partial charge < -0.3 is 14.6 Å². The Balaban J connectivity index is 2.04. The smallest absolute Gasteiger partial charge is 0.123 e. The quantitative estimate of drug-likeness (QED) is 0.702. The summed E-state index contributed by atoms with van der Waals surface area (Å²) in [7, 11) is 1.64. The van der Waals surface area contributed by atoms with Crippen LogP contribution >= 0.6 is 0 Å². The van der Waals surface area contributed by atoms with Crippen LogP contribution in [0.3, 0.4) is 0 Å². The summed E-state index contributed by atoms with van der Waals surface area (Å²) in [5.41, 5.74) is 2.11. The maximum absolute atomic E-state index is 13.1. The monoisotopic (exact) mass is 361 g/mol. The van der Waals surface area contributed by atoms with Gasteiger partial charge in [-0.15, -0.1) is 0 Å². The van der Waals surface area contributed by atoms with Gasteiger partial charge in [-0.2, -0.15) is 0 Å². The van der Waals surface area contributed by atoms with Crippen LogP contribution in [-0.4, -0.2) is 42.5 Å². The molecule has 0 saturated carbocycles. The fourth-order valence-electron chi connectivity index (χ4n) is 2.68. The van der Waals surface area contributed by atoms with Crippen LogP contribution < -0.4 is 4.74 Å². The van der Waals surface area contributed by atoms with Gasteiger partial charge in [-0.1, -0.05) is 24.3 Å². The second kappa shape index (κ2) is 10.3. The van der Waals surface area contributed by atoms with Crippen LogP contribution in [0.4, 0.5) is 4.39 Å². The Morgan fingerprint density at radius 3 is 2.00 bits per heavy atom. The van der Waals surface area contributed by atoms with Crippen LogP contribution in [0.25, 0.3) is 0 Å². The van der Waals surface area contributed by atoms with E-state index in [0.29, 0.717) is 26.2 Å². The van der Waals surface area contributed by atoms with E-state index in [1.807, 2.05) is 38.1 Å². The molecule has 0 aliphatic heterocycles. The minimum Gasteiger partial charge on any atom is -0.497 e. The fraction of sp³-hybridized carbons (Fsp3) is 0.429. The lowest BCUT2D eigenvalue weighted by Gasteiger charge is -2.26. The zero-order valence-corrected chi connectivity index (χ0v) is 15.7. The van der Waals surface area contributed by atoms with Crippen LogP contribution in [0.1, 0.15) is 25.0 Å². The van der Waals surface area contributed by atoms with Crippen molar-refractivity contribution in [2.45, 2.75) is 39.1 Å². The first-order valence-electron chi connectivity index (χ1n) is 8.85. The molecule has 0 aliphatic rings. The van der Waals surface area contributed by atoms with Crippen LogP contribution in [-0.2, 0) is 17.8 Å². The largest absolute Gasteiger partial charge is 0.497 e. The molecule has 5 heteroatoms. The predicted molar refractivity (Wildman–Crippen MR) is 101 cm³/mol. The average molecular weight is 361 g/mol. The van der Waals surface area contributed by atoms with Crippen molar-refractivity contribution in [1.29, 1.82) is 0 Å². The molecule has 0 bridgehead atoms. The Kier molecular flexibility index (Phi) is 8.04. The van der Waals surface area contributed by atoms with Crippen molar-refractivity contribution >= 4 is 0 Å². The Morgan fingerprint density at radius 1 is 0.962 bits per heavy atom. The molecule has 0 saturated heterocycles. The average Bonchev–Trinajstić information content (AvgIpc) is 2.62. The van der Waals surface area contributed by atoms with Crippen molar-refractivity contribution in [2.75, 3.05) is 20.3 Å². The van der Waals surface area contributed by atoms with Crippen molar-refractivity contribution in [3.63, 3.8) is 0 Å². The summed E-state index contributed by atoms with van der Waals surface area (Å²) in [5.74, 6) is 0.560. The molecule has 2 rings (SSSR count). The van der Waals surface area contributed by atoms with E-state index in [1.54, 1.807) is 19.2 Å². The van der Waals surface area contributed by atoms with Crippen LogP contribution in [0.15, 0.2) is 48.5 Å². The number of ether oxygens (including phenoxy) is 2. The van der Waals surface area contributed by atoms with E-state index in [-0.39, 0.29) is 11.9 Å². The van der Waals surface area contributed by atoms with Gasteiger partial charge in [0.05, 0.1) is 25.9 Å². The van der Waals surface area contributed by atoms with Crippen molar-refractivity contribution in [1.82, 2.24) is 4.90 Å². The van der Waals surface area contributed by atoms with Gasteiger partial charge in [0.2, 0.25) is 0 Å². The number of aliphatic hydroxyl groups is 1. The Morgan fingerprint density at radius 2 is 1.50 bits per heavy atom. The molecule has 26 heavy (non-hydrogen) atoms. The number of halogens is 1. The molecular weight excluding hydrogens is 333 g/mol. The lowest BCUT2D eigenvalue weighted by atomic mass is 10.1. The van der Waals surface area contributed by atoms with Gasteiger partial charge in [-0.3, -0.25) is 4.90 Å². The molecule has 0 amide bonds. The van der Waals surface area contributed by atoms with Gasteiger partial charge in [0.25, 0.3) is 0 Å². The third-order valence-electron chi connectivity index (χ3n) is 3.98. The van der Waals surface area contributed by atoms with E-state index >= 15 is 0 Å². The lowest BCUT2D eigenvalue weighted by molar-refractivity contribution is -0.0106. The third kappa shape index (κ3) is 7.12. The molecule has 4 nitrogen and oxygen atoms in total. The first-order valence-corrected chi connectivity index (χ1v) is 8.85. The van der Waals surface area contributed by atoms with Crippen molar-refractivity contribution in [3.8, 4) is 5.75 Å². The highest BCUT2D eigenvalue weighted by Gasteiger charge is 2.14. The molecule has 1 atom stereocenters. The summed E-state index contributed by atoms with van der Waals surface area (Å²) in [5, 5.41) is 10.3. The van der Waals surface area contributed by atoms with Crippen LogP contribution in [0.5, 0.6) is 5.75 Å². The predicted octanol–water partition coefficient (Wildman–Crippen LogP) is 3.62. The van der Waals surface area contributed by atoms with E-state index in [2.05, 4.69) is 4.90 Å². The SMILES string of the molecule is COc1ccc(CN(Cc2ccc(F)cc2)C[C@@H](O)COC(C)C)cc1. The summed E-state index contributed by atoms with van der Waals surface area (Å²) >= 11 is 0. The number of hydrogen-bond acceptors (Lipinski definition) is 4. The lowest BCUT2D eigenvalue weighted by Crippen LogP contribution is -2.34. The number of benzene rings is 2. The normalized spacial score (nSPS) is 12.6. The molecule has 0 unspecified atom stereocenters. The summed E-state index contributed by atoms with van der Waals surface area (Å²) in [6.07, 6.45) is -0.507. The zero-order valence-electron chi connectivity index (χ0n) is 15.7. The van der Waals surface area contributed by atoms with Crippen molar-refractivity contribution < 1.29 is 19.0 Å². The van der Waals surface area contributed by atoms with Gasteiger partial charge in [0.1, 0.15) is 11.6 Å². The fourth-order valence-corrected chi connectivity index (χ4v) is 2.68. The minimum atomic E-state index is -0.587. The van der Waals surface area contributed by atoms with Gasteiger partial charge in [0, 0.05) is 19.6 Å². The van der Waals surface area contributed by atoms with Crippen LogP contribution in [0, 0.1) is 5.82 Å². The van der Waals surface area contributed by atoms with Gasteiger partial charge in [-0.05, 0) is 49.2 Å². The first-order chi connectivity index (χ1) is 12.5. The standard InChI is InChI=1S/C21H28FNO3/c1-16(2)26-15-20(24)14-23(12-17-4-8-19(22)9-5-17)13-18-6-10-21(25-3)11-7-18/h4-11,16,20,24H,12-15H2,1-3H3/t20-/m1/s1. The molecule has 2 aromatic rings. The van der Waals surface area contributed by atoms with E-state index in [9.17, 15) is 9.50 Å². The molecular formula is C21H28FNO3. The third-order valence-corrected chi connectivity index (χ3v) is 3.98. The van der Waals surface area contributed by atoms with E-state index in [0.717, 1.165) is 16.9 Å². The number of aliphatic hydroxyl groups excluding tert-OH is 1. The Hall–Kier alpha value is -1.95. The minimum absolute atomic E-state index is 0.0804. The molecule has 0 radical (unpaired) electrons. The highest BCUT2D eigenvalue weighted by Crippen LogP contribution is 2.15. The highest BCUT2D eigenvalue weighted by atomic mass is 19.1. The number of nitrogens with zero attached hydrogens (tertiary/aromatic N) is 1. The molecule has 0 fully saturated rings. The number of methoxy groups -OCH3 is 1. The number of rotatable bonds is 10. The van der Waals surface area contributed by atoms with E-state index in [1.165, 1.54) is 12.1 Å². The summed E-state index contributed by atoms with van der Waals surface area (Å²) in [6.45, 7) is 5.93.